The second-order valence-corrected chi connectivity index (χ2v) is 6.25. The first-order valence-electron chi connectivity index (χ1n) is 7.37. The first-order chi connectivity index (χ1) is 8.56. The van der Waals surface area contributed by atoms with Crippen molar-refractivity contribution >= 4 is 0 Å². The van der Waals surface area contributed by atoms with Gasteiger partial charge < -0.3 is 5.32 Å². The van der Waals surface area contributed by atoms with E-state index < -0.39 is 0 Å². The number of aryl methyl sites for hydroxylation is 2. The first kappa shape index (κ1) is 13.6. The predicted molar refractivity (Wildman–Crippen MR) is 78.7 cm³/mol. The minimum atomic E-state index is 0.703. The zero-order chi connectivity index (χ0) is 13.1. The molecule has 1 heteroatoms. The van der Waals surface area contributed by atoms with Gasteiger partial charge in [0.05, 0.1) is 0 Å². The van der Waals surface area contributed by atoms with Gasteiger partial charge in [-0.15, -0.1) is 0 Å². The molecular formula is C17H27N. The van der Waals surface area contributed by atoms with Crippen LogP contribution in [0.2, 0.25) is 0 Å². The van der Waals surface area contributed by atoms with Gasteiger partial charge >= 0.3 is 0 Å². The Labute approximate surface area is 112 Å². The molecule has 3 unspecified atom stereocenters. The zero-order valence-corrected chi connectivity index (χ0v) is 12.3. The van der Waals surface area contributed by atoms with Crippen molar-refractivity contribution in [3.63, 3.8) is 0 Å². The lowest BCUT2D eigenvalue weighted by atomic mass is 9.78. The van der Waals surface area contributed by atoms with E-state index in [1.807, 2.05) is 0 Å². The summed E-state index contributed by atoms with van der Waals surface area (Å²) in [6.07, 6.45) is 4.13. The van der Waals surface area contributed by atoms with Gasteiger partial charge in [0, 0.05) is 12.6 Å². The highest BCUT2D eigenvalue weighted by Gasteiger charge is 2.26. The molecule has 1 N–H and O–H groups in total. The van der Waals surface area contributed by atoms with Gasteiger partial charge in [-0.3, -0.25) is 0 Å². The molecule has 0 saturated heterocycles. The number of hydrogen-bond acceptors (Lipinski definition) is 1. The van der Waals surface area contributed by atoms with Gasteiger partial charge in [-0.05, 0) is 37.7 Å². The van der Waals surface area contributed by atoms with Crippen molar-refractivity contribution in [2.75, 3.05) is 0 Å². The molecule has 0 spiro atoms. The highest BCUT2D eigenvalue weighted by Crippen LogP contribution is 2.29. The predicted octanol–water partition coefficient (Wildman–Crippen LogP) is 4.22. The van der Waals surface area contributed by atoms with Crippen molar-refractivity contribution in [1.82, 2.24) is 5.32 Å². The molecule has 3 atom stereocenters. The normalized spacial score (nSPS) is 28.3. The Balaban J connectivity index is 1.94. The van der Waals surface area contributed by atoms with Gasteiger partial charge in [-0.1, -0.05) is 56.0 Å². The highest BCUT2D eigenvalue weighted by atomic mass is 14.9. The topological polar surface area (TPSA) is 12.0 Å². The molecule has 0 bridgehead atoms. The Morgan fingerprint density at radius 2 is 1.72 bits per heavy atom. The van der Waals surface area contributed by atoms with E-state index in [4.69, 9.17) is 0 Å². The summed E-state index contributed by atoms with van der Waals surface area (Å²) in [4.78, 5) is 0. The average Bonchev–Trinajstić information content (AvgIpc) is 2.30. The number of benzene rings is 1. The Hall–Kier alpha value is -0.820. The molecule has 0 radical (unpaired) electrons. The molecule has 0 amide bonds. The minimum absolute atomic E-state index is 0.703. The molecule has 100 valence electrons. The maximum absolute atomic E-state index is 3.77. The summed E-state index contributed by atoms with van der Waals surface area (Å²) in [6.45, 7) is 10.2. The van der Waals surface area contributed by atoms with Gasteiger partial charge in [0.1, 0.15) is 0 Å². The van der Waals surface area contributed by atoms with Crippen LogP contribution in [0, 0.1) is 25.7 Å². The summed E-state index contributed by atoms with van der Waals surface area (Å²) in [5.41, 5.74) is 4.17. The summed E-state index contributed by atoms with van der Waals surface area (Å²) in [5.74, 6) is 1.68. The molecule has 0 heterocycles. The summed E-state index contributed by atoms with van der Waals surface area (Å²) < 4.78 is 0. The standard InChI is InChI=1S/C17H27N/c1-12-8-13(2)10-16(9-12)11-18-17-7-5-6-14(3)15(17)4/h8-10,14-15,17-18H,5-7,11H2,1-4H3. The van der Waals surface area contributed by atoms with Crippen LogP contribution >= 0.6 is 0 Å². The molecule has 1 aliphatic rings. The Morgan fingerprint density at radius 1 is 1.06 bits per heavy atom. The summed E-state index contributed by atoms with van der Waals surface area (Å²) >= 11 is 0. The lowest BCUT2D eigenvalue weighted by molar-refractivity contribution is 0.206. The minimum Gasteiger partial charge on any atom is -0.310 e. The maximum Gasteiger partial charge on any atom is 0.0208 e. The van der Waals surface area contributed by atoms with Gasteiger partial charge in [-0.2, -0.15) is 0 Å². The lowest BCUT2D eigenvalue weighted by Crippen LogP contribution is -2.40. The van der Waals surface area contributed by atoms with E-state index in [0.717, 1.165) is 18.4 Å². The second kappa shape index (κ2) is 5.88. The highest BCUT2D eigenvalue weighted by molar-refractivity contribution is 5.28. The van der Waals surface area contributed by atoms with E-state index in [-0.39, 0.29) is 0 Å². The van der Waals surface area contributed by atoms with E-state index in [0.29, 0.717) is 6.04 Å². The molecular weight excluding hydrogens is 218 g/mol. The van der Waals surface area contributed by atoms with Crippen molar-refractivity contribution < 1.29 is 0 Å². The second-order valence-electron chi connectivity index (χ2n) is 6.25. The van der Waals surface area contributed by atoms with Gasteiger partial charge in [0.15, 0.2) is 0 Å². The third kappa shape index (κ3) is 3.35. The Morgan fingerprint density at radius 3 is 2.39 bits per heavy atom. The molecule has 1 aromatic rings. The van der Waals surface area contributed by atoms with Crippen molar-refractivity contribution in [3.8, 4) is 0 Å². The molecule has 1 saturated carbocycles. The van der Waals surface area contributed by atoms with Gasteiger partial charge in [0.2, 0.25) is 0 Å². The lowest BCUT2D eigenvalue weighted by Gasteiger charge is -2.34. The fourth-order valence-electron chi connectivity index (χ4n) is 3.29. The summed E-state index contributed by atoms with van der Waals surface area (Å²) in [5, 5.41) is 3.77. The van der Waals surface area contributed by atoms with Gasteiger partial charge in [-0.25, -0.2) is 0 Å². The molecule has 1 fully saturated rings. The molecule has 18 heavy (non-hydrogen) atoms. The van der Waals surface area contributed by atoms with Crippen LogP contribution in [0.5, 0.6) is 0 Å². The van der Waals surface area contributed by atoms with E-state index in [1.54, 1.807) is 0 Å². The smallest absolute Gasteiger partial charge is 0.0208 e. The van der Waals surface area contributed by atoms with Crippen LogP contribution in [0.4, 0.5) is 0 Å². The van der Waals surface area contributed by atoms with Crippen LogP contribution in [0.15, 0.2) is 18.2 Å². The van der Waals surface area contributed by atoms with E-state index in [1.165, 1.54) is 36.0 Å². The fourth-order valence-corrected chi connectivity index (χ4v) is 3.29. The van der Waals surface area contributed by atoms with Crippen molar-refractivity contribution in [2.45, 2.75) is 59.5 Å². The summed E-state index contributed by atoms with van der Waals surface area (Å²) in [6, 6.07) is 7.55. The average molecular weight is 245 g/mol. The van der Waals surface area contributed by atoms with Crippen LogP contribution in [0.25, 0.3) is 0 Å². The molecule has 0 aromatic heterocycles. The SMILES string of the molecule is Cc1cc(C)cc(CNC2CCCC(C)C2C)c1. The molecule has 0 aliphatic heterocycles. The van der Waals surface area contributed by atoms with Crippen molar-refractivity contribution in [1.29, 1.82) is 0 Å². The van der Waals surface area contributed by atoms with Crippen molar-refractivity contribution in [2.24, 2.45) is 11.8 Å². The van der Waals surface area contributed by atoms with E-state index in [2.05, 4.69) is 51.2 Å². The molecule has 1 nitrogen and oxygen atoms in total. The van der Waals surface area contributed by atoms with Gasteiger partial charge in [0.25, 0.3) is 0 Å². The van der Waals surface area contributed by atoms with Crippen molar-refractivity contribution in [3.05, 3.63) is 34.9 Å². The third-order valence-electron chi connectivity index (χ3n) is 4.56. The summed E-state index contributed by atoms with van der Waals surface area (Å²) in [7, 11) is 0. The number of hydrogen-bond donors (Lipinski definition) is 1. The van der Waals surface area contributed by atoms with Crippen LogP contribution < -0.4 is 5.32 Å². The molecule has 1 aliphatic carbocycles. The molecule has 1 aromatic carbocycles. The fraction of sp³-hybridized carbons (Fsp3) is 0.647. The number of nitrogens with one attached hydrogen (secondary N) is 1. The quantitative estimate of drug-likeness (QED) is 0.841. The Bertz CT molecular complexity index is 376. The Kier molecular flexibility index (Phi) is 4.45. The van der Waals surface area contributed by atoms with Crippen LogP contribution in [-0.2, 0) is 6.54 Å². The van der Waals surface area contributed by atoms with E-state index in [9.17, 15) is 0 Å². The largest absolute Gasteiger partial charge is 0.310 e. The monoisotopic (exact) mass is 245 g/mol. The van der Waals surface area contributed by atoms with E-state index >= 15 is 0 Å². The van der Waals surface area contributed by atoms with Crippen LogP contribution in [0.3, 0.4) is 0 Å². The zero-order valence-electron chi connectivity index (χ0n) is 12.3. The first-order valence-corrected chi connectivity index (χ1v) is 7.37. The van der Waals surface area contributed by atoms with Crippen LogP contribution in [0.1, 0.15) is 49.8 Å². The third-order valence-corrected chi connectivity index (χ3v) is 4.56. The van der Waals surface area contributed by atoms with Crippen LogP contribution in [-0.4, -0.2) is 6.04 Å². The molecule has 2 rings (SSSR count). The number of rotatable bonds is 3. The maximum atomic E-state index is 3.77.